The Kier molecular flexibility index (Phi) is 13.0. The van der Waals surface area contributed by atoms with Gasteiger partial charge in [-0.3, -0.25) is 4.99 Å². The third-order valence-corrected chi connectivity index (χ3v) is 6.31. The molecule has 1 aliphatic heterocycles. The van der Waals surface area contributed by atoms with Crippen LogP contribution in [0, 0.1) is 5.92 Å². The molecule has 0 radical (unpaired) electrons. The standard InChI is InChI=1S/C17H33F3N4O2S.HI/c1-4-6-7-8-14(3)23-16(21-5-2)22-13-15-9-11-24(12-10-15)27(25,26)17(18,19)20;/h14-15H,4-13H2,1-3H3,(H2,21,22,23);1H. The average Bonchev–Trinajstić information content (AvgIpc) is 2.59. The van der Waals surface area contributed by atoms with Crippen LogP contribution in [0.3, 0.4) is 0 Å². The molecule has 1 saturated heterocycles. The maximum absolute atomic E-state index is 12.6. The number of piperidine rings is 1. The molecule has 0 bridgehead atoms. The minimum absolute atomic E-state index is 0. The topological polar surface area (TPSA) is 73.8 Å². The molecule has 0 spiro atoms. The summed E-state index contributed by atoms with van der Waals surface area (Å²) in [6.45, 7) is 7.20. The van der Waals surface area contributed by atoms with Crippen molar-refractivity contribution in [2.75, 3.05) is 26.2 Å². The van der Waals surface area contributed by atoms with Crippen molar-refractivity contribution < 1.29 is 21.6 Å². The fourth-order valence-corrected chi connectivity index (χ4v) is 4.01. The third kappa shape index (κ3) is 9.02. The number of sulfonamides is 1. The summed E-state index contributed by atoms with van der Waals surface area (Å²) >= 11 is 0. The molecular formula is C17H34F3IN4O2S. The van der Waals surface area contributed by atoms with Crippen LogP contribution in [-0.4, -0.2) is 56.4 Å². The second kappa shape index (κ2) is 13.1. The summed E-state index contributed by atoms with van der Waals surface area (Å²) in [6, 6.07) is 0.285. The molecule has 1 aliphatic rings. The van der Waals surface area contributed by atoms with Gasteiger partial charge in [0.15, 0.2) is 5.96 Å². The molecule has 1 rings (SSSR count). The highest BCUT2D eigenvalue weighted by atomic mass is 127. The Morgan fingerprint density at radius 1 is 1.21 bits per heavy atom. The normalized spacial score (nSPS) is 18.4. The molecule has 2 N–H and O–H groups in total. The van der Waals surface area contributed by atoms with Gasteiger partial charge in [0.2, 0.25) is 0 Å². The maximum atomic E-state index is 12.6. The molecule has 1 atom stereocenters. The molecule has 0 saturated carbocycles. The van der Waals surface area contributed by atoms with Crippen molar-refractivity contribution in [1.82, 2.24) is 14.9 Å². The average molecular weight is 542 g/mol. The van der Waals surface area contributed by atoms with E-state index in [9.17, 15) is 21.6 Å². The van der Waals surface area contributed by atoms with Gasteiger partial charge in [-0.25, -0.2) is 8.42 Å². The number of rotatable bonds is 9. The molecule has 1 fully saturated rings. The number of halogens is 4. The summed E-state index contributed by atoms with van der Waals surface area (Å²) in [7, 11) is -5.22. The fraction of sp³-hybridized carbons (Fsp3) is 0.941. The van der Waals surface area contributed by atoms with E-state index in [1.54, 1.807) is 0 Å². The SMILES string of the molecule is CCCCCC(C)NC(=NCC1CCN(S(=O)(=O)C(F)(F)F)CC1)NCC.I. The smallest absolute Gasteiger partial charge is 0.357 e. The summed E-state index contributed by atoms with van der Waals surface area (Å²) in [5.74, 6) is 0.780. The van der Waals surface area contributed by atoms with Gasteiger partial charge in [0.25, 0.3) is 0 Å². The summed E-state index contributed by atoms with van der Waals surface area (Å²) in [5.41, 5.74) is -5.23. The zero-order valence-corrected chi connectivity index (χ0v) is 20.0. The Morgan fingerprint density at radius 2 is 1.82 bits per heavy atom. The van der Waals surface area contributed by atoms with E-state index in [4.69, 9.17) is 0 Å². The van der Waals surface area contributed by atoms with Crippen LogP contribution in [0.15, 0.2) is 4.99 Å². The number of unbranched alkanes of at least 4 members (excludes halogenated alkanes) is 2. The Bertz CT molecular complexity index is 565. The van der Waals surface area contributed by atoms with Crippen molar-refractivity contribution in [1.29, 1.82) is 0 Å². The van der Waals surface area contributed by atoms with Crippen LogP contribution in [0.5, 0.6) is 0 Å². The molecule has 0 aliphatic carbocycles. The molecule has 0 aromatic rings. The van der Waals surface area contributed by atoms with E-state index in [0.29, 0.717) is 29.7 Å². The Hall–Kier alpha value is -0.300. The second-order valence-electron chi connectivity index (χ2n) is 7.05. The van der Waals surface area contributed by atoms with Crippen molar-refractivity contribution in [2.24, 2.45) is 10.9 Å². The molecule has 1 unspecified atom stereocenters. The van der Waals surface area contributed by atoms with E-state index in [0.717, 1.165) is 19.4 Å². The first-order chi connectivity index (χ1) is 12.6. The van der Waals surface area contributed by atoms with Gasteiger partial charge < -0.3 is 10.6 Å². The van der Waals surface area contributed by atoms with Gasteiger partial charge in [0.1, 0.15) is 0 Å². The zero-order chi connectivity index (χ0) is 20.5. The predicted molar refractivity (Wildman–Crippen MR) is 117 cm³/mol. The largest absolute Gasteiger partial charge is 0.511 e. The summed E-state index contributed by atoms with van der Waals surface area (Å²) < 4.78 is 61.3. The monoisotopic (exact) mass is 542 g/mol. The highest BCUT2D eigenvalue weighted by Crippen LogP contribution is 2.30. The van der Waals surface area contributed by atoms with Crippen molar-refractivity contribution in [2.45, 2.75) is 70.8 Å². The summed E-state index contributed by atoms with van der Waals surface area (Å²) in [4.78, 5) is 4.55. The van der Waals surface area contributed by atoms with Crippen LogP contribution in [-0.2, 0) is 10.0 Å². The number of aliphatic imine (C=N–C) groups is 1. The number of nitrogens with zero attached hydrogens (tertiary/aromatic N) is 2. The van der Waals surface area contributed by atoms with Crippen molar-refractivity contribution in [3.63, 3.8) is 0 Å². The highest BCUT2D eigenvalue weighted by Gasteiger charge is 2.50. The van der Waals surface area contributed by atoms with E-state index in [-0.39, 0.29) is 49.0 Å². The molecule has 0 aromatic carbocycles. The first kappa shape index (κ1) is 27.7. The van der Waals surface area contributed by atoms with Gasteiger partial charge in [-0.15, -0.1) is 24.0 Å². The van der Waals surface area contributed by atoms with Crippen LogP contribution in [0.1, 0.15) is 59.3 Å². The van der Waals surface area contributed by atoms with Crippen LogP contribution < -0.4 is 10.6 Å². The van der Waals surface area contributed by atoms with E-state index in [1.807, 2.05) is 6.92 Å². The van der Waals surface area contributed by atoms with Crippen LogP contribution >= 0.6 is 24.0 Å². The summed E-state index contributed by atoms with van der Waals surface area (Å²) in [5, 5.41) is 6.53. The molecule has 168 valence electrons. The van der Waals surface area contributed by atoms with E-state index in [2.05, 4.69) is 29.5 Å². The molecule has 0 aromatic heterocycles. The lowest BCUT2D eigenvalue weighted by molar-refractivity contribution is -0.0496. The number of nitrogens with one attached hydrogen (secondary N) is 2. The van der Waals surface area contributed by atoms with Crippen molar-refractivity contribution >= 4 is 40.0 Å². The van der Waals surface area contributed by atoms with Gasteiger partial charge in [0, 0.05) is 32.2 Å². The number of alkyl halides is 3. The molecule has 1 heterocycles. The molecular weight excluding hydrogens is 508 g/mol. The summed E-state index contributed by atoms with van der Waals surface area (Å²) in [6.07, 6.45) is 5.32. The first-order valence-electron chi connectivity index (χ1n) is 9.73. The minimum Gasteiger partial charge on any atom is -0.357 e. The van der Waals surface area contributed by atoms with Crippen molar-refractivity contribution in [3.8, 4) is 0 Å². The van der Waals surface area contributed by atoms with Crippen LogP contribution in [0.25, 0.3) is 0 Å². The van der Waals surface area contributed by atoms with Crippen molar-refractivity contribution in [3.05, 3.63) is 0 Å². The Labute approximate surface area is 184 Å². The van der Waals surface area contributed by atoms with Gasteiger partial charge in [-0.05, 0) is 39.0 Å². The fourth-order valence-electron chi connectivity index (χ4n) is 3.03. The van der Waals surface area contributed by atoms with Gasteiger partial charge in [0.05, 0.1) is 0 Å². The minimum atomic E-state index is -5.23. The lowest BCUT2D eigenvalue weighted by Crippen LogP contribution is -2.45. The lowest BCUT2D eigenvalue weighted by atomic mass is 9.98. The Balaban J connectivity index is 0.00000729. The van der Waals surface area contributed by atoms with E-state index < -0.39 is 15.5 Å². The molecule has 11 heteroatoms. The van der Waals surface area contributed by atoms with E-state index >= 15 is 0 Å². The third-order valence-electron chi connectivity index (χ3n) is 4.68. The first-order valence-corrected chi connectivity index (χ1v) is 11.2. The second-order valence-corrected chi connectivity index (χ2v) is 8.98. The predicted octanol–water partition coefficient (Wildman–Crippen LogP) is 3.69. The van der Waals surface area contributed by atoms with Crippen LogP contribution in [0.4, 0.5) is 13.2 Å². The van der Waals surface area contributed by atoms with Gasteiger partial charge >= 0.3 is 15.5 Å². The molecule has 28 heavy (non-hydrogen) atoms. The zero-order valence-electron chi connectivity index (χ0n) is 16.9. The maximum Gasteiger partial charge on any atom is 0.511 e. The molecule has 6 nitrogen and oxygen atoms in total. The number of hydrogen-bond acceptors (Lipinski definition) is 3. The highest BCUT2D eigenvalue weighted by molar-refractivity contribution is 14.0. The number of guanidine groups is 1. The lowest BCUT2D eigenvalue weighted by Gasteiger charge is -2.31. The van der Waals surface area contributed by atoms with Gasteiger partial charge in [-0.2, -0.15) is 17.5 Å². The van der Waals surface area contributed by atoms with Crippen LogP contribution in [0.2, 0.25) is 0 Å². The number of hydrogen-bond donors (Lipinski definition) is 2. The van der Waals surface area contributed by atoms with E-state index in [1.165, 1.54) is 12.8 Å². The Morgan fingerprint density at radius 3 is 2.32 bits per heavy atom. The molecule has 0 amide bonds. The quantitative estimate of drug-likeness (QED) is 0.202. The van der Waals surface area contributed by atoms with Gasteiger partial charge in [-0.1, -0.05) is 26.2 Å².